The Hall–Kier alpha value is -0.480. The standard InChI is InChI=1S/C12H15Cl3N2O/c1-2-10(18)17-11(12(13,14)15)16-8-9-6-4-3-5-7-9/h3-7,11,16H,2,8H2,1H3,(H,17,18)/t11-/m0/s1. The molecule has 6 heteroatoms. The number of nitrogens with one attached hydrogen (secondary N) is 2. The monoisotopic (exact) mass is 308 g/mol. The molecule has 1 atom stereocenters. The van der Waals surface area contributed by atoms with Gasteiger partial charge in [-0.3, -0.25) is 10.1 Å². The summed E-state index contributed by atoms with van der Waals surface area (Å²) in [6.45, 7) is 2.24. The number of carbonyl (C=O) groups is 1. The van der Waals surface area contributed by atoms with Crippen molar-refractivity contribution < 1.29 is 4.79 Å². The van der Waals surface area contributed by atoms with Crippen LogP contribution in [0.2, 0.25) is 0 Å². The Kier molecular flexibility index (Phi) is 6.22. The molecule has 18 heavy (non-hydrogen) atoms. The quantitative estimate of drug-likeness (QED) is 0.648. The molecule has 1 rings (SSSR count). The molecule has 0 fully saturated rings. The lowest BCUT2D eigenvalue weighted by molar-refractivity contribution is -0.121. The minimum Gasteiger partial charge on any atom is -0.337 e. The van der Waals surface area contributed by atoms with E-state index in [0.717, 1.165) is 5.56 Å². The smallest absolute Gasteiger partial charge is 0.223 e. The highest BCUT2D eigenvalue weighted by Crippen LogP contribution is 2.29. The lowest BCUT2D eigenvalue weighted by atomic mass is 10.2. The molecule has 1 amide bonds. The van der Waals surface area contributed by atoms with Crippen molar-refractivity contribution in [3.05, 3.63) is 35.9 Å². The third kappa shape index (κ3) is 5.44. The van der Waals surface area contributed by atoms with E-state index in [1.165, 1.54) is 0 Å². The highest BCUT2D eigenvalue weighted by atomic mass is 35.6. The second kappa shape index (κ2) is 7.19. The Labute approximate surface area is 122 Å². The predicted molar refractivity (Wildman–Crippen MR) is 75.8 cm³/mol. The van der Waals surface area contributed by atoms with Crippen LogP contribution in [0.4, 0.5) is 0 Å². The van der Waals surface area contributed by atoms with Crippen molar-refractivity contribution in [2.75, 3.05) is 0 Å². The first-order valence-electron chi connectivity index (χ1n) is 5.57. The molecule has 1 aromatic rings. The summed E-state index contributed by atoms with van der Waals surface area (Å²) < 4.78 is -1.60. The van der Waals surface area contributed by atoms with Gasteiger partial charge in [0.25, 0.3) is 0 Å². The van der Waals surface area contributed by atoms with Crippen LogP contribution in [-0.4, -0.2) is 15.9 Å². The fraction of sp³-hybridized carbons (Fsp3) is 0.417. The minimum atomic E-state index is -1.60. The van der Waals surface area contributed by atoms with Crippen molar-refractivity contribution in [1.29, 1.82) is 0 Å². The maximum absolute atomic E-state index is 11.4. The third-order valence-electron chi connectivity index (χ3n) is 2.31. The molecule has 0 aliphatic rings. The number of halogens is 3. The average molecular weight is 310 g/mol. The van der Waals surface area contributed by atoms with Crippen LogP contribution >= 0.6 is 34.8 Å². The number of alkyl halides is 3. The molecule has 0 aliphatic carbocycles. The average Bonchev–Trinajstić information content (AvgIpc) is 2.34. The van der Waals surface area contributed by atoms with Gasteiger partial charge in [0.05, 0.1) is 0 Å². The van der Waals surface area contributed by atoms with E-state index in [0.29, 0.717) is 13.0 Å². The van der Waals surface area contributed by atoms with Crippen LogP contribution in [0, 0.1) is 0 Å². The number of carbonyl (C=O) groups excluding carboxylic acids is 1. The van der Waals surface area contributed by atoms with Gasteiger partial charge in [-0.15, -0.1) is 0 Å². The second-order valence-corrected chi connectivity index (χ2v) is 6.13. The van der Waals surface area contributed by atoms with Crippen molar-refractivity contribution >= 4 is 40.7 Å². The number of hydrogen-bond acceptors (Lipinski definition) is 2. The fourth-order valence-corrected chi connectivity index (χ4v) is 1.72. The summed E-state index contributed by atoms with van der Waals surface area (Å²) in [6, 6.07) is 9.67. The molecule has 0 aromatic heterocycles. The SMILES string of the molecule is CCC(=O)N[C@H](NCc1ccccc1)C(Cl)(Cl)Cl. The molecule has 0 unspecified atom stereocenters. The first kappa shape index (κ1) is 15.6. The van der Waals surface area contributed by atoms with Gasteiger partial charge in [-0.1, -0.05) is 72.1 Å². The molecule has 0 saturated carbocycles. The van der Waals surface area contributed by atoms with E-state index in [1.54, 1.807) is 6.92 Å². The van der Waals surface area contributed by atoms with E-state index in [4.69, 9.17) is 34.8 Å². The largest absolute Gasteiger partial charge is 0.337 e. The molecular weight excluding hydrogens is 295 g/mol. The highest BCUT2D eigenvalue weighted by Gasteiger charge is 2.33. The molecule has 0 spiro atoms. The lowest BCUT2D eigenvalue weighted by Gasteiger charge is -2.26. The van der Waals surface area contributed by atoms with Crippen molar-refractivity contribution in [2.45, 2.75) is 29.8 Å². The molecule has 0 saturated heterocycles. The Morgan fingerprint density at radius 3 is 2.39 bits per heavy atom. The van der Waals surface area contributed by atoms with Crippen LogP contribution in [-0.2, 0) is 11.3 Å². The summed E-state index contributed by atoms with van der Waals surface area (Å²) in [6.07, 6.45) is -0.389. The highest BCUT2D eigenvalue weighted by molar-refractivity contribution is 6.68. The van der Waals surface area contributed by atoms with E-state index < -0.39 is 9.96 Å². The molecule has 0 bridgehead atoms. The van der Waals surface area contributed by atoms with Crippen LogP contribution in [0.1, 0.15) is 18.9 Å². The van der Waals surface area contributed by atoms with Gasteiger partial charge in [0.1, 0.15) is 6.17 Å². The summed E-state index contributed by atoms with van der Waals surface area (Å²) >= 11 is 17.5. The van der Waals surface area contributed by atoms with Gasteiger partial charge >= 0.3 is 0 Å². The molecule has 0 aliphatic heterocycles. The van der Waals surface area contributed by atoms with Gasteiger partial charge in [0.15, 0.2) is 0 Å². The fourth-order valence-electron chi connectivity index (χ4n) is 1.33. The van der Waals surface area contributed by atoms with E-state index in [2.05, 4.69) is 10.6 Å². The lowest BCUT2D eigenvalue weighted by Crippen LogP contribution is -2.52. The van der Waals surface area contributed by atoms with Crippen molar-refractivity contribution in [1.82, 2.24) is 10.6 Å². The number of rotatable bonds is 5. The molecule has 3 nitrogen and oxygen atoms in total. The van der Waals surface area contributed by atoms with Gasteiger partial charge in [-0.05, 0) is 5.56 Å². The van der Waals surface area contributed by atoms with E-state index >= 15 is 0 Å². The van der Waals surface area contributed by atoms with Crippen LogP contribution in [0.5, 0.6) is 0 Å². The third-order valence-corrected chi connectivity index (χ3v) is 2.96. The Morgan fingerprint density at radius 2 is 1.89 bits per heavy atom. The van der Waals surface area contributed by atoms with Crippen molar-refractivity contribution in [3.63, 3.8) is 0 Å². The predicted octanol–water partition coefficient (Wildman–Crippen LogP) is 3.00. The Balaban J connectivity index is 2.59. The molecule has 0 heterocycles. The number of amides is 1. The first-order chi connectivity index (χ1) is 8.43. The maximum atomic E-state index is 11.4. The Bertz CT molecular complexity index is 379. The van der Waals surface area contributed by atoms with E-state index in [9.17, 15) is 4.79 Å². The Morgan fingerprint density at radius 1 is 1.28 bits per heavy atom. The van der Waals surface area contributed by atoms with Crippen molar-refractivity contribution in [2.24, 2.45) is 0 Å². The van der Waals surface area contributed by atoms with Gasteiger partial charge in [-0.2, -0.15) is 0 Å². The zero-order valence-electron chi connectivity index (χ0n) is 9.92. The first-order valence-corrected chi connectivity index (χ1v) is 6.70. The molecular formula is C12H15Cl3N2O. The van der Waals surface area contributed by atoms with Crippen LogP contribution in [0.3, 0.4) is 0 Å². The number of benzene rings is 1. The van der Waals surface area contributed by atoms with E-state index in [-0.39, 0.29) is 5.91 Å². The van der Waals surface area contributed by atoms with Crippen LogP contribution < -0.4 is 10.6 Å². The van der Waals surface area contributed by atoms with Gasteiger partial charge in [0.2, 0.25) is 9.70 Å². The van der Waals surface area contributed by atoms with Crippen LogP contribution in [0.15, 0.2) is 30.3 Å². The zero-order chi connectivity index (χ0) is 13.6. The zero-order valence-corrected chi connectivity index (χ0v) is 12.2. The number of hydrogen-bond donors (Lipinski definition) is 2. The van der Waals surface area contributed by atoms with Gasteiger partial charge < -0.3 is 5.32 Å². The normalized spacial score (nSPS) is 13.1. The summed E-state index contributed by atoms with van der Waals surface area (Å²) in [5.74, 6) is -0.174. The molecule has 100 valence electrons. The van der Waals surface area contributed by atoms with Gasteiger partial charge in [-0.25, -0.2) is 0 Å². The summed E-state index contributed by atoms with van der Waals surface area (Å²) in [4.78, 5) is 11.4. The van der Waals surface area contributed by atoms with Crippen molar-refractivity contribution in [3.8, 4) is 0 Å². The molecule has 2 N–H and O–H groups in total. The molecule has 0 radical (unpaired) electrons. The summed E-state index contributed by atoms with van der Waals surface area (Å²) in [7, 11) is 0. The second-order valence-electron chi connectivity index (χ2n) is 3.76. The minimum absolute atomic E-state index is 0.174. The van der Waals surface area contributed by atoms with Gasteiger partial charge in [0, 0.05) is 13.0 Å². The molecule has 1 aromatic carbocycles. The maximum Gasteiger partial charge on any atom is 0.223 e. The van der Waals surface area contributed by atoms with Crippen LogP contribution in [0.25, 0.3) is 0 Å². The van der Waals surface area contributed by atoms with E-state index in [1.807, 2.05) is 30.3 Å². The summed E-state index contributed by atoms with van der Waals surface area (Å²) in [5, 5.41) is 5.64. The topological polar surface area (TPSA) is 41.1 Å². The summed E-state index contributed by atoms with van der Waals surface area (Å²) in [5.41, 5.74) is 1.04.